The summed E-state index contributed by atoms with van der Waals surface area (Å²) in [6.45, 7) is 0.438. The van der Waals surface area contributed by atoms with Gasteiger partial charge in [0.05, 0.1) is 6.54 Å². The zero-order valence-corrected chi connectivity index (χ0v) is 5.95. The third-order valence-electron chi connectivity index (χ3n) is 0.221. The van der Waals surface area contributed by atoms with Crippen LogP contribution in [0.15, 0.2) is 0 Å². The van der Waals surface area contributed by atoms with Crippen LogP contribution in [0.5, 0.6) is 0 Å². The highest BCUT2D eigenvalue weighted by Crippen LogP contribution is 2.01. The van der Waals surface area contributed by atoms with Gasteiger partial charge < -0.3 is 4.79 Å². The van der Waals surface area contributed by atoms with Crippen molar-refractivity contribution in [1.29, 1.82) is 0 Å². The van der Waals surface area contributed by atoms with Gasteiger partial charge in [0.25, 0.3) is 0 Å². The highest BCUT2D eigenvalue weighted by molar-refractivity contribution is 14.2. The molecule has 0 aliphatic rings. The number of hydrogen-bond acceptors (Lipinski definition) is 3. The maximum Gasteiger partial charge on any atom is 0.134 e. The van der Waals surface area contributed by atoms with E-state index >= 15 is 0 Å². The molecule has 0 bridgehead atoms. The van der Waals surface area contributed by atoms with Crippen LogP contribution < -0.4 is 4.72 Å². The summed E-state index contributed by atoms with van der Waals surface area (Å²) >= 11 is 2.06. The Hall–Kier alpha value is 0.710. The van der Waals surface area contributed by atoms with Crippen LogP contribution in [-0.2, 0) is 4.79 Å². The van der Waals surface area contributed by atoms with Gasteiger partial charge in [-0.2, -0.15) is 0 Å². The molecule has 4 heteroatoms. The highest BCUT2D eigenvalue weighted by Gasteiger charge is 1.72. The van der Waals surface area contributed by atoms with Crippen molar-refractivity contribution in [3.63, 3.8) is 0 Å². The molecule has 0 aliphatic heterocycles. The van der Waals surface area contributed by atoms with Crippen LogP contribution in [0.2, 0.25) is 0 Å². The van der Waals surface area contributed by atoms with E-state index < -0.39 is 0 Å². The predicted octanol–water partition coefficient (Wildman–Crippen LogP) is 0.773. The van der Waals surface area contributed by atoms with E-state index in [-0.39, 0.29) is 0 Å². The second kappa shape index (κ2) is 5.71. The van der Waals surface area contributed by atoms with Crippen molar-refractivity contribution in [2.45, 2.75) is 0 Å². The van der Waals surface area contributed by atoms with Crippen LogP contribution in [0.4, 0.5) is 0 Å². The van der Waals surface area contributed by atoms with Crippen molar-refractivity contribution in [3.8, 4) is 0 Å². The number of halogens is 1. The zero-order valence-electron chi connectivity index (χ0n) is 2.98. The van der Waals surface area contributed by atoms with Crippen molar-refractivity contribution >= 4 is 36.6 Å². The first-order valence-corrected chi connectivity index (χ1v) is 4.72. The van der Waals surface area contributed by atoms with Crippen LogP contribution in [0, 0.1) is 0 Å². The lowest BCUT2D eigenvalue weighted by molar-refractivity contribution is -0.106. The van der Waals surface area contributed by atoms with E-state index in [1.54, 1.807) is 0 Å². The van der Waals surface area contributed by atoms with Gasteiger partial charge in [-0.15, -0.1) is 0 Å². The van der Waals surface area contributed by atoms with E-state index in [0.29, 0.717) is 6.54 Å². The van der Waals surface area contributed by atoms with Gasteiger partial charge in [-0.05, 0) is 9.12 Å². The fourth-order valence-corrected chi connectivity index (χ4v) is 0.736. The zero-order chi connectivity index (χ0) is 4.83. The Morgan fingerprint density at radius 1 is 2.00 bits per heavy atom. The maximum absolute atomic E-state index is 9.48. The topological polar surface area (TPSA) is 29.1 Å². The van der Waals surface area contributed by atoms with Crippen molar-refractivity contribution in [2.24, 2.45) is 0 Å². The molecule has 2 nitrogen and oxygen atoms in total. The minimum Gasteiger partial charge on any atom is -0.302 e. The second-order valence-corrected chi connectivity index (χ2v) is 2.36. The van der Waals surface area contributed by atoms with E-state index in [4.69, 9.17) is 0 Å². The van der Waals surface area contributed by atoms with E-state index in [9.17, 15) is 4.79 Å². The standard InChI is InChI=1S/C2H4INOS/c3-6-4-1-2-5/h2,4H,1H2. The number of carbonyl (C=O) groups is 1. The van der Waals surface area contributed by atoms with Gasteiger partial charge >= 0.3 is 0 Å². The summed E-state index contributed by atoms with van der Waals surface area (Å²) in [7, 11) is 1.41. The molecule has 0 aromatic rings. The molecular formula is C2H4INOS. The number of aldehydes is 1. The molecule has 0 saturated carbocycles. The SMILES string of the molecule is O=CCNSI. The lowest BCUT2D eigenvalue weighted by Crippen LogP contribution is -2.02. The van der Waals surface area contributed by atoms with Crippen LogP contribution >= 0.6 is 30.3 Å². The minimum atomic E-state index is 0.438. The highest BCUT2D eigenvalue weighted by atomic mass is 127. The molecule has 0 spiro atoms. The van der Waals surface area contributed by atoms with Gasteiger partial charge in [0, 0.05) is 21.2 Å². The molecule has 0 amide bonds. The lowest BCUT2D eigenvalue weighted by Gasteiger charge is -1.82. The largest absolute Gasteiger partial charge is 0.302 e. The van der Waals surface area contributed by atoms with E-state index in [1.165, 1.54) is 9.12 Å². The molecular weight excluding hydrogens is 213 g/mol. The normalized spacial score (nSPS) is 8.17. The summed E-state index contributed by atoms with van der Waals surface area (Å²) in [5.74, 6) is 0. The van der Waals surface area contributed by atoms with Gasteiger partial charge in [-0.25, -0.2) is 4.72 Å². The van der Waals surface area contributed by atoms with Gasteiger partial charge in [0.2, 0.25) is 0 Å². The van der Waals surface area contributed by atoms with Gasteiger partial charge in [-0.3, -0.25) is 0 Å². The lowest BCUT2D eigenvalue weighted by atomic mass is 10.8. The molecule has 1 N–H and O–H groups in total. The predicted molar refractivity (Wildman–Crippen MR) is 35.7 cm³/mol. The summed E-state index contributed by atoms with van der Waals surface area (Å²) in [5.41, 5.74) is 0. The first kappa shape index (κ1) is 6.71. The second-order valence-electron chi connectivity index (χ2n) is 0.592. The first-order chi connectivity index (χ1) is 2.91. The van der Waals surface area contributed by atoms with Crippen LogP contribution in [0.1, 0.15) is 0 Å². The Kier molecular flexibility index (Phi) is 6.39. The molecule has 0 aromatic heterocycles. The Labute approximate surface area is 52.8 Å². The van der Waals surface area contributed by atoms with Crippen LogP contribution in [0.3, 0.4) is 0 Å². The summed E-state index contributed by atoms with van der Waals surface area (Å²) in [6, 6.07) is 0. The van der Waals surface area contributed by atoms with Crippen molar-refractivity contribution in [3.05, 3.63) is 0 Å². The third kappa shape index (κ3) is 4.71. The quantitative estimate of drug-likeness (QED) is 0.327. The van der Waals surface area contributed by atoms with E-state index in [1.807, 2.05) is 0 Å². The first-order valence-electron chi connectivity index (χ1n) is 1.36. The molecule has 0 saturated heterocycles. The van der Waals surface area contributed by atoms with Gasteiger partial charge in [0.1, 0.15) is 6.29 Å². The smallest absolute Gasteiger partial charge is 0.134 e. The van der Waals surface area contributed by atoms with Crippen molar-refractivity contribution in [1.82, 2.24) is 4.72 Å². The minimum absolute atomic E-state index is 0.438. The summed E-state index contributed by atoms with van der Waals surface area (Å²) in [6.07, 6.45) is 0.825. The summed E-state index contributed by atoms with van der Waals surface area (Å²) in [5, 5.41) is 0. The number of hydrogen-bond donors (Lipinski definition) is 1. The number of nitrogens with one attached hydrogen (secondary N) is 1. The number of carbonyl (C=O) groups excluding carboxylic acids is 1. The van der Waals surface area contributed by atoms with Crippen LogP contribution in [-0.4, -0.2) is 12.8 Å². The Morgan fingerprint density at radius 2 is 2.67 bits per heavy atom. The Morgan fingerprint density at radius 3 is 2.83 bits per heavy atom. The van der Waals surface area contributed by atoms with Gasteiger partial charge in [-0.1, -0.05) is 0 Å². The average molecular weight is 217 g/mol. The molecule has 0 fully saturated rings. The molecule has 0 atom stereocenters. The molecule has 0 heterocycles. The van der Waals surface area contributed by atoms with Crippen LogP contribution in [0.25, 0.3) is 0 Å². The summed E-state index contributed by atoms with van der Waals surface area (Å²) < 4.78 is 2.73. The molecule has 0 unspecified atom stereocenters. The third-order valence-corrected chi connectivity index (χ3v) is 1.43. The molecule has 0 radical (unpaired) electrons. The molecule has 0 rings (SSSR count). The fraction of sp³-hybridized carbons (Fsp3) is 0.500. The Balaban J connectivity index is 2.49. The average Bonchev–Trinajstić information content (AvgIpc) is 1.61. The molecule has 6 heavy (non-hydrogen) atoms. The Bertz CT molecular complexity index is 42.5. The van der Waals surface area contributed by atoms with E-state index in [2.05, 4.69) is 25.9 Å². The summed E-state index contributed by atoms with van der Waals surface area (Å²) in [4.78, 5) is 9.48. The monoisotopic (exact) mass is 217 g/mol. The molecule has 0 aromatic carbocycles. The van der Waals surface area contributed by atoms with Crippen molar-refractivity contribution in [2.75, 3.05) is 6.54 Å². The van der Waals surface area contributed by atoms with Crippen molar-refractivity contribution < 1.29 is 4.79 Å². The maximum atomic E-state index is 9.48. The van der Waals surface area contributed by atoms with Gasteiger partial charge in [0.15, 0.2) is 0 Å². The fourth-order valence-electron chi connectivity index (χ4n) is 0.0655. The molecule has 0 aliphatic carbocycles. The molecule has 36 valence electrons. The van der Waals surface area contributed by atoms with E-state index in [0.717, 1.165) is 6.29 Å². The number of rotatable bonds is 3.